The van der Waals surface area contributed by atoms with Gasteiger partial charge in [0.2, 0.25) is 0 Å². The Morgan fingerprint density at radius 1 is 1.19 bits per heavy atom. The molecule has 0 radical (unpaired) electrons. The molecule has 1 amide bonds. The minimum absolute atomic E-state index is 0.0835. The number of benzene rings is 2. The highest BCUT2D eigenvalue weighted by atomic mass is 19.3. The SMILES string of the molecule is COc1cc(/C=N\OCC(=O)N[C@H](C)c2ccccc2)ccc1OC(F)F. The van der Waals surface area contributed by atoms with Crippen LogP contribution in [-0.4, -0.2) is 32.4 Å². The molecule has 0 aliphatic heterocycles. The average Bonchev–Trinajstić information content (AvgIpc) is 2.66. The van der Waals surface area contributed by atoms with Gasteiger partial charge in [0, 0.05) is 5.56 Å². The molecule has 0 saturated carbocycles. The first-order valence-electron chi connectivity index (χ1n) is 8.12. The minimum atomic E-state index is -2.95. The van der Waals surface area contributed by atoms with E-state index in [0.29, 0.717) is 5.56 Å². The summed E-state index contributed by atoms with van der Waals surface area (Å²) in [5.74, 6) is -0.268. The molecule has 2 aromatic carbocycles. The molecule has 0 aliphatic carbocycles. The van der Waals surface area contributed by atoms with E-state index in [0.717, 1.165) is 5.56 Å². The van der Waals surface area contributed by atoms with Gasteiger partial charge in [0.25, 0.3) is 5.91 Å². The van der Waals surface area contributed by atoms with Crippen molar-refractivity contribution < 1.29 is 27.9 Å². The van der Waals surface area contributed by atoms with Crippen LogP contribution in [0.4, 0.5) is 8.78 Å². The fraction of sp³-hybridized carbons (Fsp3) is 0.263. The van der Waals surface area contributed by atoms with E-state index in [9.17, 15) is 13.6 Å². The normalized spacial score (nSPS) is 12.0. The standard InChI is InChI=1S/C19H20F2N2O4/c1-13(15-6-4-3-5-7-15)23-18(24)12-26-22-11-14-8-9-16(27-19(20)21)17(10-14)25-2/h3-11,13,19H,12H2,1-2H3,(H,23,24)/b22-11-/t13-/m1/s1. The van der Waals surface area contributed by atoms with Crippen LogP contribution in [0.3, 0.4) is 0 Å². The van der Waals surface area contributed by atoms with Gasteiger partial charge in [0.05, 0.1) is 19.4 Å². The first-order chi connectivity index (χ1) is 13.0. The van der Waals surface area contributed by atoms with Crippen molar-refractivity contribution in [1.82, 2.24) is 5.32 Å². The number of methoxy groups -OCH3 is 1. The third-order valence-corrected chi connectivity index (χ3v) is 3.55. The molecule has 0 aliphatic rings. The van der Waals surface area contributed by atoms with E-state index >= 15 is 0 Å². The molecule has 0 heterocycles. The van der Waals surface area contributed by atoms with Gasteiger partial charge in [-0.15, -0.1) is 0 Å². The van der Waals surface area contributed by atoms with Crippen LogP contribution in [0.25, 0.3) is 0 Å². The lowest BCUT2D eigenvalue weighted by Gasteiger charge is -2.13. The summed E-state index contributed by atoms with van der Waals surface area (Å²) in [6.45, 7) is -1.33. The maximum Gasteiger partial charge on any atom is 0.387 e. The molecule has 2 aromatic rings. The van der Waals surface area contributed by atoms with Crippen LogP contribution < -0.4 is 14.8 Å². The second-order valence-corrected chi connectivity index (χ2v) is 5.50. The third kappa shape index (κ3) is 6.58. The maximum atomic E-state index is 12.3. The van der Waals surface area contributed by atoms with E-state index < -0.39 is 6.61 Å². The van der Waals surface area contributed by atoms with Crippen LogP contribution >= 0.6 is 0 Å². The van der Waals surface area contributed by atoms with Crippen LogP contribution in [0.2, 0.25) is 0 Å². The highest BCUT2D eigenvalue weighted by Gasteiger charge is 2.11. The van der Waals surface area contributed by atoms with E-state index in [-0.39, 0.29) is 30.1 Å². The van der Waals surface area contributed by atoms with Crippen molar-refractivity contribution in [3.63, 3.8) is 0 Å². The van der Waals surface area contributed by atoms with Gasteiger partial charge in [-0.3, -0.25) is 4.79 Å². The number of carbonyl (C=O) groups excluding carboxylic acids is 1. The van der Waals surface area contributed by atoms with E-state index in [4.69, 9.17) is 9.57 Å². The lowest BCUT2D eigenvalue weighted by atomic mass is 10.1. The van der Waals surface area contributed by atoms with Gasteiger partial charge in [0.15, 0.2) is 18.1 Å². The smallest absolute Gasteiger partial charge is 0.387 e. The van der Waals surface area contributed by atoms with E-state index in [1.807, 2.05) is 37.3 Å². The van der Waals surface area contributed by atoms with Crippen molar-refractivity contribution in [3.05, 3.63) is 59.7 Å². The molecule has 2 rings (SSSR count). The van der Waals surface area contributed by atoms with Crippen molar-refractivity contribution in [2.24, 2.45) is 5.16 Å². The van der Waals surface area contributed by atoms with Gasteiger partial charge >= 0.3 is 6.61 Å². The zero-order chi connectivity index (χ0) is 19.6. The Morgan fingerprint density at radius 3 is 2.59 bits per heavy atom. The van der Waals surface area contributed by atoms with Crippen molar-refractivity contribution in [3.8, 4) is 11.5 Å². The van der Waals surface area contributed by atoms with Crippen molar-refractivity contribution in [2.45, 2.75) is 19.6 Å². The zero-order valence-electron chi connectivity index (χ0n) is 14.9. The number of hydrogen-bond acceptors (Lipinski definition) is 5. The fourth-order valence-electron chi connectivity index (χ4n) is 2.26. The van der Waals surface area contributed by atoms with E-state index in [1.54, 1.807) is 0 Å². The number of nitrogens with zero attached hydrogens (tertiary/aromatic N) is 1. The monoisotopic (exact) mass is 378 g/mol. The van der Waals surface area contributed by atoms with Crippen molar-refractivity contribution in [2.75, 3.05) is 13.7 Å². The molecule has 0 bridgehead atoms. The molecule has 1 atom stereocenters. The maximum absolute atomic E-state index is 12.3. The summed E-state index contributed by atoms with van der Waals surface area (Å²) >= 11 is 0. The predicted octanol–water partition coefficient (Wildman–Crippen LogP) is 3.52. The van der Waals surface area contributed by atoms with E-state index in [1.165, 1.54) is 31.5 Å². The Kier molecular flexibility index (Phi) is 7.54. The first-order valence-corrected chi connectivity index (χ1v) is 8.12. The number of rotatable bonds is 9. The summed E-state index contributed by atoms with van der Waals surface area (Å²) in [6.07, 6.45) is 1.34. The molecule has 0 saturated heterocycles. The van der Waals surface area contributed by atoms with Gasteiger partial charge in [-0.05, 0) is 30.7 Å². The van der Waals surface area contributed by atoms with Gasteiger partial charge in [-0.25, -0.2) is 0 Å². The number of alkyl halides is 2. The number of ether oxygens (including phenoxy) is 2. The highest BCUT2D eigenvalue weighted by molar-refractivity contribution is 5.81. The fourth-order valence-corrected chi connectivity index (χ4v) is 2.26. The summed E-state index contributed by atoms with van der Waals surface area (Å²) in [6, 6.07) is 13.7. The molecular formula is C19H20F2N2O4. The Morgan fingerprint density at radius 2 is 1.93 bits per heavy atom. The summed E-state index contributed by atoms with van der Waals surface area (Å²) in [5, 5.41) is 6.49. The second-order valence-electron chi connectivity index (χ2n) is 5.50. The van der Waals surface area contributed by atoms with Gasteiger partial charge in [-0.2, -0.15) is 8.78 Å². The van der Waals surface area contributed by atoms with Crippen LogP contribution in [-0.2, 0) is 9.63 Å². The van der Waals surface area contributed by atoms with Gasteiger partial charge < -0.3 is 19.6 Å². The van der Waals surface area contributed by atoms with Crippen LogP contribution in [0.15, 0.2) is 53.7 Å². The molecular weight excluding hydrogens is 358 g/mol. The summed E-state index contributed by atoms with van der Waals surface area (Å²) < 4.78 is 33.9. The van der Waals surface area contributed by atoms with Crippen molar-refractivity contribution >= 4 is 12.1 Å². The summed E-state index contributed by atoms with van der Waals surface area (Å²) in [5.41, 5.74) is 1.51. The topological polar surface area (TPSA) is 69.2 Å². The summed E-state index contributed by atoms with van der Waals surface area (Å²) in [4.78, 5) is 16.8. The predicted molar refractivity (Wildman–Crippen MR) is 96.2 cm³/mol. The number of oxime groups is 1. The Bertz CT molecular complexity index is 770. The van der Waals surface area contributed by atoms with E-state index in [2.05, 4.69) is 15.2 Å². The average molecular weight is 378 g/mol. The van der Waals surface area contributed by atoms with Crippen molar-refractivity contribution in [1.29, 1.82) is 0 Å². The lowest BCUT2D eigenvalue weighted by molar-refractivity contribution is -0.126. The molecule has 0 spiro atoms. The number of halogens is 2. The summed E-state index contributed by atoms with van der Waals surface area (Å²) in [7, 11) is 1.34. The first kappa shape index (κ1) is 20.2. The molecule has 8 heteroatoms. The minimum Gasteiger partial charge on any atom is -0.493 e. The largest absolute Gasteiger partial charge is 0.493 e. The number of hydrogen-bond donors (Lipinski definition) is 1. The Balaban J connectivity index is 1.84. The Hall–Kier alpha value is -3.16. The van der Waals surface area contributed by atoms with Gasteiger partial charge in [-0.1, -0.05) is 35.5 Å². The molecule has 144 valence electrons. The third-order valence-electron chi connectivity index (χ3n) is 3.55. The number of nitrogens with one attached hydrogen (secondary N) is 1. The molecule has 0 fully saturated rings. The quantitative estimate of drug-likeness (QED) is 0.535. The van der Waals surface area contributed by atoms with Crippen LogP contribution in [0.5, 0.6) is 11.5 Å². The lowest BCUT2D eigenvalue weighted by Crippen LogP contribution is -2.29. The second kappa shape index (κ2) is 10.1. The van der Waals surface area contributed by atoms with Gasteiger partial charge in [0.1, 0.15) is 0 Å². The molecule has 27 heavy (non-hydrogen) atoms. The molecule has 6 nitrogen and oxygen atoms in total. The molecule has 0 unspecified atom stereocenters. The zero-order valence-corrected chi connectivity index (χ0v) is 14.9. The molecule has 1 N–H and O–H groups in total. The van der Waals surface area contributed by atoms with Crippen LogP contribution in [0.1, 0.15) is 24.1 Å². The Labute approximate surface area is 155 Å². The molecule has 0 aromatic heterocycles. The number of carbonyl (C=O) groups is 1. The number of amides is 1. The van der Waals surface area contributed by atoms with Crippen LogP contribution in [0, 0.1) is 0 Å². The highest BCUT2D eigenvalue weighted by Crippen LogP contribution is 2.28.